The van der Waals surface area contributed by atoms with Gasteiger partial charge in [0.25, 0.3) is 11.7 Å². The molecule has 0 bridgehead atoms. The van der Waals surface area contributed by atoms with Crippen LogP contribution in [-0.2, 0) is 10.2 Å². The summed E-state index contributed by atoms with van der Waals surface area (Å²) in [5.41, 5.74) is 6.02. The topological polar surface area (TPSA) is 182 Å². The number of rotatable bonds is 10. The molecule has 1 unspecified atom stereocenters. The average Bonchev–Trinajstić information content (AvgIpc) is 3.98. The van der Waals surface area contributed by atoms with E-state index in [-0.39, 0.29) is 17.8 Å². The van der Waals surface area contributed by atoms with E-state index in [0.717, 1.165) is 92.7 Å². The lowest BCUT2D eigenvalue weighted by molar-refractivity contribution is -0.120. The predicted octanol–water partition coefficient (Wildman–Crippen LogP) is 6.79. The standard InChI is InChI=1S/C47H53FN12O4/c1-28-22-35(37(48)23-34(28)29(2)52-44(62)43-55-45(64-56-43)47(3,4)5)41-36-24-38(53-42(36)51-27-50-41)31-6-11-39(49-25-31)59-20-18-57(19-21-59)26-30-12-15-58(16-13-30)32-7-9-33(10-8-32)60-17-14-40(61)54-46(60)63/h6-11,22-25,27,29-30H,12-21,26H2,1-5H3,(H,52,62)(H,50,51,53)(H,54,61,63). The molecule has 3 aliphatic heterocycles. The molecule has 0 saturated carbocycles. The van der Waals surface area contributed by atoms with Crippen molar-refractivity contribution in [3.05, 3.63) is 95.8 Å². The third-order valence-corrected chi connectivity index (χ3v) is 12.6. The molecule has 0 radical (unpaired) electrons. The smallest absolute Gasteiger partial charge is 0.328 e. The number of fused-ring (bicyclic) bond motifs is 1. The zero-order valence-electron chi connectivity index (χ0n) is 36.8. The summed E-state index contributed by atoms with van der Waals surface area (Å²) in [6, 6.07) is 16.4. The van der Waals surface area contributed by atoms with E-state index in [9.17, 15) is 14.4 Å². The normalized spacial score (nSPS) is 17.2. The molecule has 2 aromatic carbocycles. The van der Waals surface area contributed by atoms with E-state index < -0.39 is 23.2 Å². The molecule has 1 atom stereocenters. The Labute approximate surface area is 370 Å². The number of carbonyl (C=O) groups is 3. The Morgan fingerprint density at radius 3 is 2.36 bits per heavy atom. The molecule has 3 N–H and O–H groups in total. The van der Waals surface area contributed by atoms with Gasteiger partial charge in [0.05, 0.1) is 11.7 Å². The molecule has 17 heteroatoms. The summed E-state index contributed by atoms with van der Waals surface area (Å²) in [5, 5.41) is 9.77. The van der Waals surface area contributed by atoms with E-state index in [1.807, 2.05) is 58.2 Å². The lowest BCUT2D eigenvalue weighted by Gasteiger charge is -2.39. The number of aromatic nitrogens is 6. The molecule has 16 nitrogen and oxygen atoms in total. The first-order chi connectivity index (χ1) is 30.8. The molecule has 3 fully saturated rings. The molecule has 3 saturated heterocycles. The molecule has 64 heavy (non-hydrogen) atoms. The van der Waals surface area contributed by atoms with Crippen LogP contribution in [0, 0.1) is 18.7 Å². The van der Waals surface area contributed by atoms with Gasteiger partial charge in [0.1, 0.15) is 23.6 Å². The zero-order chi connectivity index (χ0) is 44.7. The maximum absolute atomic E-state index is 16.0. The lowest BCUT2D eigenvalue weighted by atomic mass is 9.95. The van der Waals surface area contributed by atoms with E-state index in [1.54, 1.807) is 17.9 Å². The number of aryl methyl sites for hydroxylation is 1. The Kier molecular flexibility index (Phi) is 11.6. The quantitative estimate of drug-likeness (QED) is 0.131. The third-order valence-electron chi connectivity index (χ3n) is 12.6. The van der Waals surface area contributed by atoms with Crippen LogP contribution in [0.1, 0.15) is 80.6 Å². The molecular weight excluding hydrogens is 816 g/mol. The van der Waals surface area contributed by atoms with Crippen molar-refractivity contribution in [3.63, 3.8) is 0 Å². The maximum atomic E-state index is 16.0. The Bertz CT molecular complexity index is 2680. The number of anilines is 3. The summed E-state index contributed by atoms with van der Waals surface area (Å²) >= 11 is 0. The number of hydrogen-bond donors (Lipinski definition) is 3. The Morgan fingerprint density at radius 2 is 1.67 bits per heavy atom. The number of piperazine rings is 1. The average molecular weight is 869 g/mol. The summed E-state index contributed by atoms with van der Waals surface area (Å²) in [6.45, 7) is 16.7. The number of piperidine rings is 1. The van der Waals surface area contributed by atoms with Crippen LogP contribution in [0.4, 0.5) is 26.4 Å². The highest BCUT2D eigenvalue weighted by Crippen LogP contribution is 2.34. The number of imide groups is 1. The number of benzene rings is 2. The summed E-state index contributed by atoms with van der Waals surface area (Å²) in [5.74, 6) is 0.657. The van der Waals surface area contributed by atoms with Crippen LogP contribution in [0.25, 0.3) is 33.5 Å². The van der Waals surface area contributed by atoms with Crippen LogP contribution >= 0.6 is 0 Å². The fourth-order valence-electron chi connectivity index (χ4n) is 8.90. The number of carbonyl (C=O) groups excluding carboxylic acids is 3. The van der Waals surface area contributed by atoms with Crippen molar-refractivity contribution >= 4 is 46.1 Å². The second-order valence-corrected chi connectivity index (χ2v) is 18.1. The Balaban J connectivity index is 0.781. The van der Waals surface area contributed by atoms with Gasteiger partial charge in [-0.2, -0.15) is 4.98 Å². The van der Waals surface area contributed by atoms with Crippen LogP contribution in [0.2, 0.25) is 0 Å². The zero-order valence-corrected chi connectivity index (χ0v) is 36.8. The lowest BCUT2D eigenvalue weighted by Crippen LogP contribution is -2.49. The summed E-state index contributed by atoms with van der Waals surface area (Å²) in [6.07, 6.45) is 5.87. The van der Waals surface area contributed by atoms with Crippen molar-refractivity contribution in [1.29, 1.82) is 0 Å². The summed E-state index contributed by atoms with van der Waals surface area (Å²) in [4.78, 5) is 67.1. The van der Waals surface area contributed by atoms with Crippen LogP contribution < -0.4 is 25.3 Å². The largest absolute Gasteiger partial charge is 0.372 e. The van der Waals surface area contributed by atoms with Crippen LogP contribution in [-0.4, -0.2) is 105 Å². The number of nitrogens with zero attached hydrogens (tertiary/aromatic N) is 9. The van der Waals surface area contributed by atoms with Crippen LogP contribution in [0.5, 0.6) is 0 Å². The van der Waals surface area contributed by atoms with Gasteiger partial charge in [-0.3, -0.25) is 24.7 Å². The molecule has 3 aliphatic rings. The Hall–Kier alpha value is -6.75. The summed E-state index contributed by atoms with van der Waals surface area (Å²) < 4.78 is 21.3. The minimum atomic E-state index is -0.529. The minimum Gasteiger partial charge on any atom is -0.372 e. The highest BCUT2D eigenvalue weighted by Gasteiger charge is 2.28. The van der Waals surface area contributed by atoms with Gasteiger partial charge in [-0.15, -0.1) is 0 Å². The highest BCUT2D eigenvalue weighted by atomic mass is 19.1. The highest BCUT2D eigenvalue weighted by molar-refractivity contribution is 6.05. The number of pyridine rings is 1. The molecule has 9 rings (SSSR count). The number of hydrogen-bond acceptors (Lipinski definition) is 12. The summed E-state index contributed by atoms with van der Waals surface area (Å²) in [7, 11) is 0. The molecule has 6 aromatic rings. The van der Waals surface area contributed by atoms with Gasteiger partial charge in [-0.05, 0) is 98.3 Å². The third kappa shape index (κ3) is 8.89. The molecule has 4 amide bonds. The van der Waals surface area contributed by atoms with Crippen molar-refractivity contribution in [2.75, 3.05) is 67.1 Å². The number of H-pyrrole nitrogens is 1. The van der Waals surface area contributed by atoms with E-state index in [0.29, 0.717) is 52.6 Å². The van der Waals surface area contributed by atoms with Gasteiger partial charge in [0.15, 0.2) is 0 Å². The fourth-order valence-corrected chi connectivity index (χ4v) is 8.90. The van der Waals surface area contributed by atoms with E-state index in [2.05, 4.69) is 68.6 Å². The second-order valence-electron chi connectivity index (χ2n) is 18.1. The van der Waals surface area contributed by atoms with Gasteiger partial charge < -0.3 is 24.6 Å². The van der Waals surface area contributed by atoms with Gasteiger partial charge in [0, 0.05) is 104 Å². The molecular formula is C47H53FN12O4. The fraction of sp³-hybridized carbons (Fsp3) is 0.404. The molecule has 4 aromatic heterocycles. The number of aromatic amines is 1. The van der Waals surface area contributed by atoms with Crippen LogP contribution in [0.15, 0.2) is 71.6 Å². The van der Waals surface area contributed by atoms with Crippen molar-refractivity contribution in [1.82, 2.24) is 45.6 Å². The number of urea groups is 1. The van der Waals surface area contributed by atoms with Gasteiger partial charge >= 0.3 is 6.03 Å². The van der Waals surface area contributed by atoms with E-state index in [4.69, 9.17) is 9.51 Å². The van der Waals surface area contributed by atoms with Crippen molar-refractivity contribution in [2.24, 2.45) is 5.92 Å². The molecule has 0 aliphatic carbocycles. The molecule has 7 heterocycles. The van der Waals surface area contributed by atoms with Crippen LogP contribution in [0.3, 0.4) is 0 Å². The Morgan fingerprint density at radius 1 is 0.922 bits per heavy atom. The van der Waals surface area contributed by atoms with Crippen molar-refractivity contribution in [2.45, 2.75) is 65.3 Å². The van der Waals surface area contributed by atoms with E-state index in [1.165, 1.54) is 12.4 Å². The predicted molar refractivity (Wildman–Crippen MR) is 242 cm³/mol. The second kappa shape index (κ2) is 17.4. The SMILES string of the molecule is Cc1cc(-c2ncnc3[nH]c(-c4ccc(N5CCN(CC6CCN(c7ccc(N8CCC(=O)NC8=O)cc7)CC6)CC5)nc4)cc23)c(F)cc1C(C)NC(=O)c1noc(C(C)(C)C)n1. The number of amides is 4. The maximum Gasteiger partial charge on any atom is 0.328 e. The molecule has 0 spiro atoms. The first kappa shape index (κ1) is 42.5. The van der Waals surface area contributed by atoms with Gasteiger partial charge in [0.2, 0.25) is 11.8 Å². The van der Waals surface area contributed by atoms with Crippen molar-refractivity contribution < 1.29 is 23.3 Å². The van der Waals surface area contributed by atoms with Gasteiger partial charge in [-0.1, -0.05) is 25.9 Å². The van der Waals surface area contributed by atoms with Crippen molar-refractivity contribution in [3.8, 4) is 22.5 Å². The first-order valence-electron chi connectivity index (χ1n) is 22.0. The number of halogens is 1. The monoisotopic (exact) mass is 868 g/mol. The first-order valence-corrected chi connectivity index (χ1v) is 22.0. The van der Waals surface area contributed by atoms with E-state index >= 15 is 4.39 Å². The molecule has 332 valence electrons. The van der Waals surface area contributed by atoms with Gasteiger partial charge in [-0.25, -0.2) is 24.1 Å². The minimum absolute atomic E-state index is 0.0726. The number of nitrogens with one attached hydrogen (secondary N) is 3.